The standard InChI is InChI=1S/C4H8FO2/c5-3-4(7)1-2-6/h4,7H,1-3H2. The van der Waals surface area contributed by atoms with E-state index in [9.17, 15) is 9.50 Å². The molecule has 43 valence electrons. The fraction of sp³-hybridized carbons (Fsp3) is 1.00. The van der Waals surface area contributed by atoms with Crippen molar-refractivity contribution < 1.29 is 14.6 Å². The molecule has 7 heavy (non-hydrogen) atoms. The maximum Gasteiger partial charge on any atom is 0.115 e. The normalized spacial score (nSPS) is 14.1. The minimum absolute atomic E-state index is 0.0243. The van der Waals surface area contributed by atoms with Crippen molar-refractivity contribution in [3.05, 3.63) is 0 Å². The third-order valence-corrected chi connectivity index (χ3v) is 0.629. The highest BCUT2D eigenvalue weighted by atomic mass is 19.1. The summed E-state index contributed by atoms with van der Waals surface area (Å²) in [5, 5.41) is 17.9. The number of aliphatic hydroxyl groups is 1. The summed E-state index contributed by atoms with van der Waals surface area (Å²) in [5.74, 6) is 0. The van der Waals surface area contributed by atoms with Gasteiger partial charge in [0.2, 0.25) is 0 Å². The summed E-state index contributed by atoms with van der Waals surface area (Å²) in [5.41, 5.74) is 0. The van der Waals surface area contributed by atoms with E-state index < -0.39 is 19.4 Å². The van der Waals surface area contributed by atoms with Gasteiger partial charge < -0.3 is 5.11 Å². The molecule has 1 atom stereocenters. The van der Waals surface area contributed by atoms with Crippen LogP contribution in [0.4, 0.5) is 4.39 Å². The van der Waals surface area contributed by atoms with Crippen LogP contribution in [0.5, 0.6) is 0 Å². The van der Waals surface area contributed by atoms with Gasteiger partial charge >= 0.3 is 0 Å². The van der Waals surface area contributed by atoms with E-state index in [1.807, 2.05) is 0 Å². The van der Waals surface area contributed by atoms with Crippen molar-refractivity contribution in [1.29, 1.82) is 0 Å². The molecule has 0 saturated heterocycles. The molecule has 0 heterocycles. The van der Waals surface area contributed by atoms with E-state index in [1.165, 1.54) is 0 Å². The fourth-order valence-electron chi connectivity index (χ4n) is 0.213. The Bertz CT molecular complexity index is 40.7. The van der Waals surface area contributed by atoms with Crippen molar-refractivity contribution in [2.45, 2.75) is 12.5 Å². The lowest BCUT2D eigenvalue weighted by molar-refractivity contribution is 0.0856. The van der Waals surface area contributed by atoms with E-state index in [0.717, 1.165) is 0 Å². The van der Waals surface area contributed by atoms with E-state index in [1.54, 1.807) is 0 Å². The molecule has 0 bridgehead atoms. The molecule has 0 saturated carbocycles. The minimum atomic E-state index is -1.03. The van der Waals surface area contributed by atoms with Crippen LogP contribution in [0, 0.1) is 0 Å². The van der Waals surface area contributed by atoms with Gasteiger partial charge in [-0.25, -0.2) is 9.50 Å². The molecule has 1 N–H and O–H groups in total. The fourth-order valence-corrected chi connectivity index (χ4v) is 0.213. The first-order chi connectivity index (χ1) is 3.31. The second-order valence-electron chi connectivity index (χ2n) is 1.30. The van der Waals surface area contributed by atoms with E-state index in [-0.39, 0.29) is 6.42 Å². The molecule has 1 radical (unpaired) electrons. The molecule has 0 aliphatic carbocycles. The van der Waals surface area contributed by atoms with Gasteiger partial charge in [-0.05, 0) is 0 Å². The molecule has 0 aliphatic rings. The van der Waals surface area contributed by atoms with Gasteiger partial charge in [0.05, 0.1) is 12.7 Å². The monoisotopic (exact) mass is 107 g/mol. The van der Waals surface area contributed by atoms with Crippen LogP contribution in [-0.4, -0.2) is 24.5 Å². The van der Waals surface area contributed by atoms with Gasteiger partial charge in [0.15, 0.2) is 0 Å². The lowest BCUT2D eigenvalue weighted by Gasteiger charge is -1.97. The van der Waals surface area contributed by atoms with Crippen LogP contribution in [0.3, 0.4) is 0 Å². The van der Waals surface area contributed by atoms with Crippen LogP contribution in [0.1, 0.15) is 6.42 Å². The van der Waals surface area contributed by atoms with Gasteiger partial charge in [-0.1, -0.05) is 0 Å². The maximum atomic E-state index is 11.2. The molecule has 0 aliphatic heterocycles. The second-order valence-corrected chi connectivity index (χ2v) is 1.30. The SMILES string of the molecule is [O]CCC(O)CF. The zero-order valence-electron chi connectivity index (χ0n) is 3.93. The van der Waals surface area contributed by atoms with Gasteiger partial charge in [-0.3, -0.25) is 0 Å². The number of aliphatic hydroxyl groups excluding tert-OH is 1. The predicted molar refractivity (Wildman–Crippen MR) is 22.2 cm³/mol. The van der Waals surface area contributed by atoms with Gasteiger partial charge in [0, 0.05) is 6.42 Å². The number of hydrogen-bond donors (Lipinski definition) is 1. The molecule has 0 rings (SSSR count). The third-order valence-electron chi connectivity index (χ3n) is 0.629. The molecular weight excluding hydrogens is 99.0 g/mol. The Balaban J connectivity index is 2.83. The molecule has 0 aromatic heterocycles. The van der Waals surface area contributed by atoms with Crippen molar-refractivity contribution in [3.8, 4) is 0 Å². The Morgan fingerprint density at radius 3 is 2.43 bits per heavy atom. The predicted octanol–water partition coefficient (Wildman–Crippen LogP) is 0.137. The van der Waals surface area contributed by atoms with E-state index in [0.29, 0.717) is 0 Å². The molecule has 0 amide bonds. The summed E-state index contributed by atoms with van der Waals surface area (Å²) in [4.78, 5) is 0. The highest BCUT2D eigenvalue weighted by Gasteiger charge is 1.99. The van der Waals surface area contributed by atoms with Crippen LogP contribution < -0.4 is 0 Å². The van der Waals surface area contributed by atoms with Crippen LogP contribution in [-0.2, 0) is 5.11 Å². The molecule has 0 aromatic carbocycles. The smallest absolute Gasteiger partial charge is 0.115 e. The van der Waals surface area contributed by atoms with Gasteiger partial charge in [-0.2, -0.15) is 0 Å². The highest BCUT2D eigenvalue weighted by Crippen LogP contribution is 1.88. The van der Waals surface area contributed by atoms with E-state index >= 15 is 0 Å². The van der Waals surface area contributed by atoms with Crippen molar-refractivity contribution in [2.24, 2.45) is 0 Å². The molecular formula is C4H8FO2. The molecule has 2 nitrogen and oxygen atoms in total. The lowest BCUT2D eigenvalue weighted by Crippen LogP contribution is -2.09. The van der Waals surface area contributed by atoms with Crippen LogP contribution in [0.25, 0.3) is 0 Å². The van der Waals surface area contributed by atoms with Gasteiger partial charge in [0.25, 0.3) is 0 Å². The molecule has 1 unspecified atom stereocenters. The van der Waals surface area contributed by atoms with Crippen molar-refractivity contribution in [1.82, 2.24) is 0 Å². The first-order valence-electron chi connectivity index (χ1n) is 2.13. The summed E-state index contributed by atoms with van der Waals surface area (Å²) in [7, 11) is 0. The second kappa shape index (κ2) is 4.02. The van der Waals surface area contributed by atoms with Crippen LogP contribution in [0.2, 0.25) is 0 Å². The Morgan fingerprint density at radius 1 is 1.71 bits per heavy atom. The zero-order valence-corrected chi connectivity index (χ0v) is 3.93. The number of halogens is 1. The van der Waals surface area contributed by atoms with Gasteiger partial charge in [-0.15, -0.1) is 0 Å². The molecule has 0 aromatic rings. The Hall–Kier alpha value is -0.150. The molecule has 0 fully saturated rings. The van der Waals surface area contributed by atoms with Crippen molar-refractivity contribution in [3.63, 3.8) is 0 Å². The number of rotatable bonds is 3. The Morgan fingerprint density at radius 2 is 2.29 bits per heavy atom. The summed E-state index contributed by atoms with van der Waals surface area (Å²) >= 11 is 0. The highest BCUT2D eigenvalue weighted by molar-refractivity contribution is 4.48. The average Bonchev–Trinajstić information content (AvgIpc) is 1.68. The number of hydrogen-bond acceptors (Lipinski definition) is 1. The minimum Gasteiger partial charge on any atom is -0.390 e. The summed E-state index contributed by atoms with van der Waals surface area (Å²) < 4.78 is 11.2. The molecule has 0 spiro atoms. The number of alkyl halides is 1. The van der Waals surface area contributed by atoms with E-state index in [2.05, 4.69) is 0 Å². The van der Waals surface area contributed by atoms with E-state index in [4.69, 9.17) is 5.11 Å². The first kappa shape index (κ1) is 6.85. The average molecular weight is 107 g/mol. The topological polar surface area (TPSA) is 40.1 Å². The zero-order chi connectivity index (χ0) is 5.70. The summed E-state index contributed by atoms with van der Waals surface area (Å²) in [6.07, 6.45) is -1.01. The molecule has 3 heteroatoms. The quantitative estimate of drug-likeness (QED) is 0.547. The summed E-state index contributed by atoms with van der Waals surface area (Å²) in [6, 6.07) is 0. The Kier molecular flexibility index (Phi) is 3.93. The maximum absolute atomic E-state index is 11.2. The van der Waals surface area contributed by atoms with Crippen LogP contribution >= 0.6 is 0 Å². The summed E-state index contributed by atoms with van der Waals surface area (Å²) in [6.45, 7) is -1.20. The van der Waals surface area contributed by atoms with Crippen molar-refractivity contribution in [2.75, 3.05) is 13.3 Å². The first-order valence-corrected chi connectivity index (χ1v) is 2.13. The van der Waals surface area contributed by atoms with Crippen LogP contribution in [0.15, 0.2) is 0 Å². The Labute approximate surface area is 41.6 Å². The third kappa shape index (κ3) is 3.69. The van der Waals surface area contributed by atoms with Crippen molar-refractivity contribution >= 4 is 0 Å². The van der Waals surface area contributed by atoms with Gasteiger partial charge in [0.1, 0.15) is 6.67 Å². The largest absolute Gasteiger partial charge is 0.390 e. The lowest BCUT2D eigenvalue weighted by atomic mass is 10.3.